The van der Waals surface area contributed by atoms with Gasteiger partial charge < -0.3 is 4.74 Å². The van der Waals surface area contributed by atoms with Gasteiger partial charge in [-0.2, -0.15) is 5.10 Å². The number of hydrogen-bond donors (Lipinski definition) is 0. The Hall–Kier alpha value is -2.17. The fourth-order valence-corrected chi connectivity index (χ4v) is 1.28. The molecule has 2 rings (SSSR count). The highest BCUT2D eigenvalue weighted by molar-refractivity contribution is 5.80. The van der Waals surface area contributed by atoms with E-state index in [0.717, 1.165) is 12.0 Å². The summed E-state index contributed by atoms with van der Waals surface area (Å²) in [6, 6.07) is 5.20. The number of rotatable bonds is 3. The van der Waals surface area contributed by atoms with Gasteiger partial charge in [-0.05, 0) is 12.1 Å². The summed E-state index contributed by atoms with van der Waals surface area (Å²) >= 11 is 0. The number of aromatic nitrogens is 3. The molecule has 0 atom stereocenters. The first-order chi connectivity index (χ1) is 7.35. The summed E-state index contributed by atoms with van der Waals surface area (Å²) in [5.74, 6) is 0.526. The Morgan fingerprint density at radius 1 is 1.47 bits per heavy atom. The molecule has 0 bridgehead atoms. The van der Waals surface area contributed by atoms with E-state index in [9.17, 15) is 4.79 Å². The molecule has 0 saturated carbocycles. The molecule has 0 aliphatic rings. The molecule has 5 nitrogen and oxygen atoms in total. The predicted octanol–water partition coefficient (Wildman–Crippen LogP) is 1.09. The molecular weight excluding hydrogens is 194 g/mol. The van der Waals surface area contributed by atoms with Crippen LogP contribution in [0.1, 0.15) is 10.4 Å². The van der Waals surface area contributed by atoms with E-state index in [0.29, 0.717) is 11.3 Å². The van der Waals surface area contributed by atoms with Crippen LogP contribution in [0.25, 0.3) is 5.69 Å². The highest BCUT2D eigenvalue weighted by Crippen LogP contribution is 2.20. The molecule has 5 heteroatoms. The smallest absolute Gasteiger partial charge is 0.153 e. The van der Waals surface area contributed by atoms with Crippen molar-refractivity contribution in [1.29, 1.82) is 0 Å². The Morgan fingerprint density at radius 2 is 2.33 bits per heavy atom. The fraction of sp³-hybridized carbons (Fsp3) is 0.100. The van der Waals surface area contributed by atoms with Crippen molar-refractivity contribution in [3.8, 4) is 11.4 Å². The van der Waals surface area contributed by atoms with Crippen molar-refractivity contribution >= 4 is 6.29 Å². The fourth-order valence-electron chi connectivity index (χ4n) is 1.28. The third-order valence-corrected chi connectivity index (χ3v) is 2.03. The van der Waals surface area contributed by atoms with Crippen LogP contribution >= 0.6 is 0 Å². The molecular formula is C10H9N3O2. The molecule has 0 saturated heterocycles. The van der Waals surface area contributed by atoms with E-state index in [2.05, 4.69) is 10.1 Å². The molecule has 0 unspecified atom stereocenters. The number of nitrogens with zero attached hydrogens (tertiary/aromatic N) is 3. The number of aldehydes is 1. The van der Waals surface area contributed by atoms with E-state index >= 15 is 0 Å². The SMILES string of the molecule is COc1cc(-n2cncn2)ccc1C=O. The van der Waals surface area contributed by atoms with E-state index in [1.807, 2.05) is 0 Å². The third-order valence-electron chi connectivity index (χ3n) is 2.03. The molecule has 0 fully saturated rings. The summed E-state index contributed by atoms with van der Waals surface area (Å²) in [6.07, 6.45) is 3.78. The largest absolute Gasteiger partial charge is 0.496 e. The van der Waals surface area contributed by atoms with E-state index in [4.69, 9.17) is 4.74 Å². The topological polar surface area (TPSA) is 57.0 Å². The van der Waals surface area contributed by atoms with E-state index in [1.165, 1.54) is 13.4 Å². The minimum Gasteiger partial charge on any atom is -0.496 e. The van der Waals surface area contributed by atoms with Crippen LogP contribution in [0.2, 0.25) is 0 Å². The number of benzene rings is 1. The van der Waals surface area contributed by atoms with Crippen LogP contribution in [0.5, 0.6) is 5.75 Å². The van der Waals surface area contributed by atoms with Crippen LogP contribution in [-0.2, 0) is 0 Å². The maximum atomic E-state index is 10.7. The summed E-state index contributed by atoms with van der Waals surface area (Å²) in [6.45, 7) is 0. The van der Waals surface area contributed by atoms with E-state index in [1.54, 1.807) is 29.2 Å². The van der Waals surface area contributed by atoms with Gasteiger partial charge >= 0.3 is 0 Å². The highest BCUT2D eigenvalue weighted by Gasteiger charge is 2.04. The summed E-state index contributed by atoms with van der Waals surface area (Å²) in [7, 11) is 1.52. The standard InChI is InChI=1S/C10H9N3O2/c1-15-10-4-9(3-2-8(10)5-14)13-7-11-6-12-13/h2-7H,1H3. The van der Waals surface area contributed by atoms with Crippen LogP contribution in [0.3, 0.4) is 0 Å². The van der Waals surface area contributed by atoms with Crippen molar-refractivity contribution in [3.63, 3.8) is 0 Å². The van der Waals surface area contributed by atoms with Crippen molar-refractivity contribution in [2.75, 3.05) is 7.11 Å². The monoisotopic (exact) mass is 203 g/mol. The summed E-state index contributed by atoms with van der Waals surface area (Å²) < 4.78 is 6.68. The number of carbonyl (C=O) groups excluding carboxylic acids is 1. The van der Waals surface area contributed by atoms with Crippen molar-refractivity contribution in [2.24, 2.45) is 0 Å². The average Bonchev–Trinajstić information content (AvgIpc) is 2.81. The van der Waals surface area contributed by atoms with Gasteiger partial charge in [-0.25, -0.2) is 9.67 Å². The van der Waals surface area contributed by atoms with Gasteiger partial charge in [-0.1, -0.05) is 0 Å². The maximum Gasteiger partial charge on any atom is 0.153 e. The molecule has 0 radical (unpaired) electrons. The predicted molar refractivity (Wildman–Crippen MR) is 53.3 cm³/mol. The van der Waals surface area contributed by atoms with Gasteiger partial charge in [-0.3, -0.25) is 4.79 Å². The van der Waals surface area contributed by atoms with Gasteiger partial charge in [0.2, 0.25) is 0 Å². The van der Waals surface area contributed by atoms with Crippen LogP contribution in [-0.4, -0.2) is 28.2 Å². The number of hydrogen-bond acceptors (Lipinski definition) is 4. The molecule has 1 heterocycles. The Bertz CT molecular complexity index is 466. The molecule has 2 aromatic rings. The molecule has 1 aromatic heterocycles. The molecule has 0 aliphatic heterocycles. The molecule has 0 amide bonds. The summed E-state index contributed by atoms with van der Waals surface area (Å²) in [5.41, 5.74) is 1.32. The Labute approximate surface area is 86.3 Å². The number of ether oxygens (including phenoxy) is 1. The zero-order valence-electron chi connectivity index (χ0n) is 8.12. The lowest BCUT2D eigenvalue weighted by Gasteiger charge is -2.06. The molecule has 0 spiro atoms. The first kappa shape index (κ1) is 9.39. The molecule has 0 aliphatic carbocycles. The lowest BCUT2D eigenvalue weighted by Crippen LogP contribution is -1.97. The summed E-state index contributed by atoms with van der Waals surface area (Å²) in [4.78, 5) is 14.5. The van der Waals surface area contributed by atoms with Crippen molar-refractivity contribution in [3.05, 3.63) is 36.4 Å². The first-order valence-corrected chi connectivity index (χ1v) is 4.33. The van der Waals surface area contributed by atoms with Gasteiger partial charge in [0.25, 0.3) is 0 Å². The van der Waals surface area contributed by atoms with Gasteiger partial charge in [-0.15, -0.1) is 0 Å². The lowest BCUT2D eigenvalue weighted by molar-refractivity contribution is 0.112. The minimum atomic E-state index is 0.515. The molecule has 0 N–H and O–H groups in total. The zero-order valence-corrected chi connectivity index (χ0v) is 8.12. The van der Waals surface area contributed by atoms with E-state index < -0.39 is 0 Å². The average molecular weight is 203 g/mol. The van der Waals surface area contributed by atoms with Crippen LogP contribution in [0, 0.1) is 0 Å². The third kappa shape index (κ3) is 1.71. The normalized spacial score (nSPS) is 9.93. The molecule has 15 heavy (non-hydrogen) atoms. The van der Waals surface area contributed by atoms with Crippen molar-refractivity contribution in [2.45, 2.75) is 0 Å². The maximum absolute atomic E-state index is 10.7. The second kappa shape index (κ2) is 3.91. The minimum absolute atomic E-state index is 0.515. The zero-order chi connectivity index (χ0) is 10.7. The van der Waals surface area contributed by atoms with Crippen molar-refractivity contribution < 1.29 is 9.53 Å². The second-order valence-corrected chi connectivity index (χ2v) is 2.88. The lowest BCUT2D eigenvalue weighted by atomic mass is 10.2. The Morgan fingerprint density at radius 3 is 2.93 bits per heavy atom. The first-order valence-electron chi connectivity index (χ1n) is 4.33. The van der Waals surface area contributed by atoms with Gasteiger partial charge in [0.15, 0.2) is 6.29 Å². The van der Waals surface area contributed by atoms with Gasteiger partial charge in [0, 0.05) is 6.07 Å². The number of methoxy groups -OCH3 is 1. The number of carbonyl (C=O) groups is 1. The molecule has 1 aromatic carbocycles. The molecule has 76 valence electrons. The van der Waals surface area contributed by atoms with Gasteiger partial charge in [0.1, 0.15) is 18.4 Å². The quantitative estimate of drug-likeness (QED) is 0.700. The Kier molecular flexibility index (Phi) is 2.45. The van der Waals surface area contributed by atoms with E-state index in [-0.39, 0.29) is 0 Å². The van der Waals surface area contributed by atoms with Crippen LogP contribution in [0.15, 0.2) is 30.9 Å². The van der Waals surface area contributed by atoms with Crippen LogP contribution in [0.4, 0.5) is 0 Å². The summed E-state index contributed by atoms with van der Waals surface area (Å²) in [5, 5.41) is 3.98. The van der Waals surface area contributed by atoms with Crippen LogP contribution < -0.4 is 4.74 Å². The van der Waals surface area contributed by atoms with Crippen molar-refractivity contribution in [1.82, 2.24) is 14.8 Å². The highest BCUT2D eigenvalue weighted by atomic mass is 16.5. The van der Waals surface area contributed by atoms with Gasteiger partial charge in [0.05, 0.1) is 18.4 Å². The second-order valence-electron chi connectivity index (χ2n) is 2.88. The Balaban J connectivity index is 2.48.